The van der Waals surface area contributed by atoms with E-state index in [-0.39, 0.29) is 0 Å². The number of furan rings is 1. The summed E-state index contributed by atoms with van der Waals surface area (Å²) in [6.45, 7) is 5.38. The van der Waals surface area contributed by atoms with Crippen molar-refractivity contribution < 1.29 is 23.4 Å². The molecule has 29 heavy (non-hydrogen) atoms. The maximum Gasteiger partial charge on any atom is 0.341 e. The number of hydrogen-bond donors (Lipinski definition) is 1. The molecule has 1 aromatic carbocycles. The molecular formula is C22H24N2O5. The summed E-state index contributed by atoms with van der Waals surface area (Å²) in [6.07, 6.45) is 1.70. The third-order valence-corrected chi connectivity index (χ3v) is 4.16. The summed E-state index contributed by atoms with van der Waals surface area (Å²) < 4.78 is 21.6. The Balaban J connectivity index is 1.55. The number of esters is 1. The van der Waals surface area contributed by atoms with E-state index in [1.165, 1.54) is 7.11 Å². The van der Waals surface area contributed by atoms with E-state index in [9.17, 15) is 4.79 Å². The smallest absolute Gasteiger partial charge is 0.341 e. The lowest BCUT2D eigenvalue weighted by atomic mass is 10.2. The van der Waals surface area contributed by atoms with E-state index in [1.807, 2.05) is 43.3 Å². The molecular weight excluding hydrogens is 372 g/mol. The monoisotopic (exact) mass is 396 g/mol. The Bertz CT molecular complexity index is 950. The first-order valence-electron chi connectivity index (χ1n) is 9.33. The molecule has 0 saturated heterocycles. The first kappa shape index (κ1) is 20.4. The SMILES string of the molecule is CCOc1ccc(Oc2cc(CNCc3cc(C(=O)OC)c(C)o3)ccn2)cc1. The van der Waals surface area contributed by atoms with Gasteiger partial charge in [0.1, 0.15) is 28.6 Å². The zero-order chi connectivity index (χ0) is 20.6. The number of nitrogens with one attached hydrogen (secondary N) is 1. The molecule has 0 saturated carbocycles. The van der Waals surface area contributed by atoms with Crippen molar-refractivity contribution in [2.75, 3.05) is 13.7 Å². The van der Waals surface area contributed by atoms with Crippen LogP contribution in [0.25, 0.3) is 0 Å². The first-order chi connectivity index (χ1) is 14.1. The Morgan fingerprint density at radius 1 is 1.10 bits per heavy atom. The van der Waals surface area contributed by atoms with Crippen LogP contribution < -0.4 is 14.8 Å². The summed E-state index contributed by atoms with van der Waals surface area (Å²) in [5, 5.41) is 3.28. The highest BCUT2D eigenvalue weighted by atomic mass is 16.5. The fourth-order valence-corrected chi connectivity index (χ4v) is 2.78. The molecule has 0 unspecified atom stereocenters. The van der Waals surface area contributed by atoms with Crippen molar-refractivity contribution in [3.63, 3.8) is 0 Å². The summed E-state index contributed by atoms with van der Waals surface area (Å²) in [7, 11) is 1.35. The molecule has 7 nitrogen and oxygen atoms in total. The van der Waals surface area contributed by atoms with Crippen LogP contribution in [0.15, 0.2) is 53.1 Å². The Morgan fingerprint density at radius 2 is 1.86 bits per heavy atom. The van der Waals surface area contributed by atoms with Gasteiger partial charge in [0.2, 0.25) is 5.88 Å². The van der Waals surface area contributed by atoms with E-state index >= 15 is 0 Å². The number of aromatic nitrogens is 1. The fourth-order valence-electron chi connectivity index (χ4n) is 2.78. The van der Waals surface area contributed by atoms with Gasteiger partial charge in [0.05, 0.1) is 20.3 Å². The highest BCUT2D eigenvalue weighted by Gasteiger charge is 2.15. The Hall–Kier alpha value is -3.32. The minimum Gasteiger partial charge on any atom is -0.494 e. The van der Waals surface area contributed by atoms with E-state index in [2.05, 4.69) is 10.3 Å². The largest absolute Gasteiger partial charge is 0.494 e. The third-order valence-electron chi connectivity index (χ3n) is 4.16. The van der Waals surface area contributed by atoms with Crippen molar-refractivity contribution >= 4 is 5.97 Å². The maximum absolute atomic E-state index is 11.7. The van der Waals surface area contributed by atoms with Crippen LogP contribution in [0.3, 0.4) is 0 Å². The topological polar surface area (TPSA) is 82.8 Å². The molecule has 0 spiro atoms. The van der Waals surface area contributed by atoms with Crippen LogP contribution in [-0.2, 0) is 17.8 Å². The lowest BCUT2D eigenvalue weighted by Gasteiger charge is -2.08. The number of aryl methyl sites for hydroxylation is 1. The van der Waals surface area contributed by atoms with Gasteiger partial charge in [-0.05, 0) is 55.8 Å². The highest BCUT2D eigenvalue weighted by molar-refractivity contribution is 5.90. The lowest BCUT2D eigenvalue weighted by molar-refractivity contribution is 0.0599. The summed E-state index contributed by atoms with van der Waals surface area (Å²) in [5.74, 6) is 2.81. The van der Waals surface area contributed by atoms with Crippen LogP contribution in [0.2, 0.25) is 0 Å². The van der Waals surface area contributed by atoms with E-state index in [1.54, 1.807) is 19.2 Å². The summed E-state index contributed by atoms with van der Waals surface area (Å²) in [5.41, 5.74) is 1.46. The number of carbonyl (C=O) groups excluding carboxylic acids is 1. The van der Waals surface area contributed by atoms with Gasteiger partial charge >= 0.3 is 5.97 Å². The first-order valence-corrected chi connectivity index (χ1v) is 9.33. The molecule has 0 aliphatic rings. The van der Waals surface area contributed by atoms with E-state index < -0.39 is 5.97 Å². The third kappa shape index (κ3) is 5.58. The van der Waals surface area contributed by atoms with Gasteiger partial charge in [0.15, 0.2) is 0 Å². The lowest BCUT2D eigenvalue weighted by Crippen LogP contribution is -2.12. The van der Waals surface area contributed by atoms with Gasteiger partial charge in [0, 0.05) is 18.8 Å². The van der Waals surface area contributed by atoms with Crippen LogP contribution in [0.4, 0.5) is 0 Å². The van der Waals surface area contributed by atoms with Crippen molar-refractivity contribution in [3.8, 4) is 17.4 Å². The quantitative estimate of drug-likeness (QED) is 0.541. The van der Waals surface area contributed by atoms with Crippen molar-refractivity contribution in [1.82, 2.24) is 10.3 Å². The van der Waals surface area contributed by atoms with Gasteiger partial charge in [-0.3, -0.25) is 0 Å². The molecule has 2 aromatic heterocycles. The van der Waals surface area contributed by atoms with Crippen molar-refractivity contribution in [3.05, 3.63) is 71.3 Å². The minimum absolute atomic E-state index is 0.400. The second kappa shape index (κ2) is 9.75. The Morgan fingerprint density at radius 3 is 2.59 bits per heavy atom. The normalized spacial score (nSPS) is 10.6. The van der Waals surface area contributed by atoms with E-state index in [0.717, 1.165) is 11.3 Å². The predicted octanol–water partition coefficient (Wildman–Crippen LogP) is 4.25. The minimum atomic E-state index is -0.400. The van der Waals surface area contributed by atoms with Crippen LogP contribution in [0.1, 0.15) is 34.4 Å². The number of hydrogen-bond acceptors (Lipinski definition) is 7. The van der Waals surface area contributed by atoms with Crippen LogP contribution >= 0.6 is 0 Å². The standard InChI is InChI=1S/C22H24N2O5/c1-4-27-17-5-7-18(8-6-17)29-21-11-16(9-10-24-21)13-23-14-19-12-20(15(2)28-19)22(25)26-3/h5-12,23H,4,13-14H2,1-3H3. The van der Waals surface area contributed by atoms with Crippen molar-refractivity contribution in [2.45, 2.75) is 26.9 Å². The van der Waals surface area contributed by atoms with Gasteiger partial charge in [-0.2, -0.15) is 0 Å². The molecule has 7 heteroatoms. The predicted molar refractivity (Wildman–Crippen MR) is 107 cm³/mol. The number of methoxy groups -OCH3 is 1. The summed E-state index contributed by atoms with van der Waals surface area (Å²) >= 11 is 0. The summed E-state index contributed by atoms with van der Waals surface area (Å²) in [6, 6.07) is 12.9. The average molecular weight is 396 g/mol. The number of nitrogens with zero attached hydrogens (tertiary/aromatic N) is 1. The molecule has 1 N–H and O–H groups in total. The molecule has 0 aliphatic heterocycles. The number of benzene rings is 1. The Kier molecular flexibility index (Phi) is 6.86. The zero-order valence-electron chi connectivity index (χ0n) is 16.7. The molecule has 0 atom stereocenters. The van der Waals surface area contributed by atoms with Crippen LogP contribution in [0, 0.1) is 6.92 Å². The zero-order valence-corrected chi connectivity index (χ0v) is 16.7. The molecule has 0 radical (unpaired) electrons. The molecule has 0 amide bonds. The van der Waals surface area contributed by atoms with E-state index in [0.29, 0.717) is 48.4 Å². The molecule has 0 bridgehead atoms. The number of pyridine rings is 1. The van der Waals surface area contributed by atoms with Crippen molar-refractivity contribution in [1.29, 1.82) is 0 Å². The van der Waals surface area contributed by atoms with Crippen molar-refractivity contribution in [2.24, 2.45) is 0 Å². The Labute approximate surface area is 169 Å². The summed E-state index contributed by atoms with van der Waals surface area (Å²) in [4.78, 5) is 15.9. The van der Waals surface area contributed by atoms with Gasteiger partial charge in [-0.1, -0.05) is 0 Å². The number of carbonyl (C=O) groups is 1. The number of ether oxygens (including phenoxy) is 3. The molecule has 3 aromatic rings. The molecule has 3 rings (SSSR count). The second-order valence-electron chi connectivity index (χ2n) is 6.29. The van der Waals surface area contributed by atoms with Crippen LogP contribution in [-0.4, -0.2) is 24.7 Å². The molecule has 0 aliphatic carbocycles. The van der Waals surface area contributed by atoms with Gasteiger partial charge < -0.3 is 23.9 Å². The van der Waals surface area contributed by atoms with Crippen LogP contribution in [0.5, 0.6) is 17.4 Å². The van der Waals surface area contributed by atoms with E-state index in [4.69, 9.17) is 18.6 Å². The fraction of sp³-hybridized carbons (Fsp3) is 0.273. The average Bonchev–Trinajstić information content (AvgIpc) is 3.10. The van der Waals surface area contributed by atoms with Gasteiger partial charge in [-0.15, -0.1) is 0 Å². The second-order valence-corrected chi connectivity index (χ2v) is 6.29. The molecule has 2 heterocycles. The molecule has 152 valence electrons. The number of rotatable bonds is 9. The van der Waals surface area contributed by atoms with Gasteiger partial charge in [-0.25, -0.2) is 9.78 Å². The maximum atomic E-state index is 11.7. The van der Waals surface area contributed by atoms with Gasteiger partial charge in [0.25, 0.3) is 0 Å². The molecule has 0 fully saturated rings. The highest BCUT2D eigenvalue weighted by Crippen LogP contribution is 2.23.